The van der Waals surface area contributed by atoms with Crippen LogP contribution >= 0.6 is 23.2 Å². The van der Waals surface area contributed by atoms with Gasteiger partial charge in [0.25, 0.3) is 0 Å². The van der Waals surface area contributed by atoms with E-state index < -0.39 is 0 Å². The zero-order chi connectivity index (χ0) is 16.7. The molecule has 0 atom stereocenters. The first-order chi connectivity index (χ1) is 11.0. The maximum absolute atomic E-state index is 11.9. The van der Waals surface area contributed by atoms with Gasteiger partial charge in [0, 0.05) is 19.6 Å². The number of nitrogens with zero attached hydrogens (tertiary/aromatic N) is 1. The van der Waals surface area contributed by atoms with Crippen molar-refractivity contribution in [2.24, 2.45) is 0 Å². The van der Waals surface area contributed by atoms with E-state index in [1.54, 1.807) is 12.1 Å². The molecule has 3 nitrogen and oxygen atoms in total. The molecule has 0 radical (unpaired) electrons. The molecule has 0 unspecified atom stereocenters. The van der Waals surface area contributed by atoms with Crippen LogP contribution in [0.25, 0.3) is 0 Å². The van der Waals surface area contributed by atoms with E-state index >= 15 is 0 Å². The topological polar surface area (TPSA) is 32.3 Å². The molecule has 0 aliphatic rings. The van der Waals surface area contributed by atoms with Gasteiger partial charge in [0.15, 0.2) is 0 Å². The number of halogens is 2. The molecule has 0 fully saturated rings. The molecule has 0 saturated carbocycles. The molecule has 1 N–H and O–H groups in total. The Bertz CT molecular complexity index is 647. The number of amides is 1. The monoisotopic (exact) mass is 350 g/mol. The average Bonchev–Trinajstić information content (AvgIpc) is 2.52. The summed E-state index contributed by atoms with van der Waals surface area (Å²) in [7, 11) is 2.04. The van der Waals surface area contributed by atoms with Crippen LogP contribution in [0, 0.1) is 0 Å². The van der Waals surface area contributed by atoms with E-state index in [2.05, 4.69) is 22.3 Å². The van der Waals surface area contributed by atoms with E-state index in [4.69, 9.17) is 23.2 Å². The molecular weight excluding hydrogens is 331 g/mol. The average molecular weight is 351 g/mol. The van der Waals surface area contributed by atoms with Crippen LogP contribution in [0.15, 0.2) is 48.5 Å². The third kappa shape index (κ3) is 6.22. The van der Waals surface area contributed by atoms with E-state index in [9.17, 15) is 4.79 Å². The molecule has 122 valence electrons. The SMILES string of the molecule is CN(CCNC(=O)Cc1ccc(Cl)c(Cl)c1)Cc1ccccc1. The van der Waals surface area contributed by atoms with Crippen LogP contribution in [0.2, 0.25) is 10.0 Å². The summed E-state index contributed by atoms with van der Waals surface area (Å²) in [6, 6.07) is 15.5. The summed E-state index contributed by atoms with van der Waals surface area (Å²) in [5, 5.41) is 3.90. The Labute approximate surface area is 147 Å². The van der Waals surface area contributed by atoms with Gasteiger partial charge in [-0.2, -0.15) is 0 Å². The number of likely N-dealkylation sites (N-methyl/N-ethyl adjacent to an activating group) is 1. The first kappa shape index (κ1) is 17.8. The number of benzene rings is 2. The smallest absolute Gasteiger partial charge is 0.224 e. The molecule has 0 saturated heterocycles. The third-order valence-corrected chi connectivity index (χ3v) is 4.20. The normalized spacial score (nSPS) is 10.8. The second kappa shape index (κ2) is 8.92. The molecule has 0 aliphatic carbocycles. The van der Waals surface area contributed by atoms with Gasteiger partial charge in [0.05, 0.1) is 16.5 Å². The van der Waals surface area contributed by atoms with Crippen molar-refractivity contribution in [3.8, 4) is 0 Å². The Kier molecular flexibility index (Phi) is 6.90. The molecule has 0 bridgehead atoms. The van der Waals surface area contributed by atoms with E-state index in [0.717, 1.165) is 18.7 Å². The summed E-state index contributed by atoms with van der Waals surface area (Å²) >= 11 is 11.8. The third-order valence-electron chi connectivity index (χ3n) is 3.46. The largest absolute Gasteiger partial charge is 0.355 e. The molecule has 5 heteroatoms. The van der Waals surface area contributed by atoms with Crippen molar-refractivity contribution in [2.75, 3.05) is 20.1 Å². The lowest BCUT2D eigenvalue weighted by molar-refractivity contribution is -0.120. The summed E-state index contributed by atoms with van der Waals surface area (Å²) in [5.74, 6) is -0.0171. The van der Waals surface area contributed by atoms with Crippen LogP contribution < -0.4 is 5.32 Å². The van der Waals surface area contributed by atoms with Crippen LogP contribution in [0.1, 0.15) is 11.1 Å². The summed E-state index contributed by atoms with van der Waals surface area (Å²) in [6.07, 6.45) is 0.305. The summed E-state index contributed by atoms with van der Waals surface area (Å²) < 4.78 is 0. The molecule has 0 aliphatic heterocycles. The second-order valence-corrected chi connectivity index (χ2v) is 6.31. The predicted molar refractivity (Wildman–Crippen MR) is 96.0 cm³/mol. The Morgan fingerprint density at radius 1 is 1.04 bits per heavy atom. The molecule has 2 aromatic rings. The predicted octanol–water partition coefficient (Wildman–Crippen LogP) is 3.78. The van der Waals surface area contributed by atoms with E-state index in [1.165, 1.54) is 5.56 Å². The fourth-order valence-corrected chi connectivity index (χ4v) is 2.58. The van der Waals surface area contributed by atoms with E-state index in [1.807, 2.05) is 31.3 Å². The summed E-state index contributed by atoms with van der Waals surface area (Å²) in [5.41, 5.74) is 2.12. The first-order valence-electron chi connectivity index (χ1n) is 7.47. The zero-order valence-electron chi connectivity index (χ0n) is 13.1. The van der Waals surface area contributed by atoms with Crippen molar-refractivity contribution in [3.05, 3.63) is 69.7 Å². The molecule has 1 amide bonds. The molecular formula is C18H20Cl2N2O. The molecule has 23 heavy (non-hydrogen) atoms. The molecule has 0 heterocycles. The number of nitrogens with one attached hydrogen (secondary N) is 1. The van der Waals surface area contributed by atoms with Crippen molar-refractivity contribution in [3.63, 3.8) is 0 Å². The lowest BCUT2D eigenvalue weighted by Crippen LogP contribution is -2.33. The minimum atomic E-state index is -0.0171. The lowest BCUT2D eigenvalue weighted by Gasteiger charge is -2.17. The van der Waals surface area contributed by atoms with Gasteiger partial charge in [-0.15, -0.1) is 0 Å². The minimum Gasteiger partial charge on any atom is -0.355 e. The van der Waals surface area contributed by atoms with E-state index in [-0.39, 0.29) is 5.91 Å². The second-order valence-electron chi connectivity index (χ2n) is 5.50. The quantitative estimate of drug-likeness (QED) is 0.823. The number of hydrogen-bond donors (Lipinski definition) is 1. The highest BCUT2D eigenvalue weighted by molar-refractivity contribution is 6.42. The van der Waals surface area contributed by atoms with Gasteiger partial charge in [0.1, 0.15) is 0 Å². The summed E-state index contributed by atoms with van der Waals surface area (Å²) in [4.78, 5) is 14.1. The molecule has 0 aromatic heterocycles. The first-order valence-corrected chi connectivity index (χ1v) is 8.23. The van der Waals surface area contributed by atoms with Gasteiger partial charge in [-0.3, -0.25) is 4.79 Å². The highest BCUT2D eigenvalue weighted by atomic mass is 35.5. The maximum atomic E-state index is 11.9. The number of carbonyl (C=O) groups is 1. The van der Waals surface area contributed by atoms with Gasteiger partial charge in [-0.25, -0.2) is 0 Å². The van der Waals surface area contributed by atoms with Crippen molar-refractivity contribution in [1.82, 2.24) is 10.2 Å². The van der Waals surface area contributed by atoms with Crippen molar-refractivity contribution >= 4 is 29.1 Å². The van der Waals surface area contributed by atoms with Crippen molar-refractivity contribution < 1.29 is 4.79 Å². The van der Waals surface area contributed by atoms with Crippen molar-refractivity contribution in [1.29, 1.82) is 0 Å². The molecule has 0 spiro atoms. The number of hydrogen-bond acceptors (Lipinski definition) is 2. The van der Waals surface area contributed by atoms with Gasteiger partial charge in [-0.1, -0.05) is 59.6 Å². The Morgan fingerprint density at radius 2 is 1.78 bits per heavy atom. The maximum Gasteiger partial charge on any atom is 0.224 e. The molecule has 2 rings (SSSR count). The van der Waals surface area contributed by atoms with Gasteiger partial charge in [0.2, 0.25) is 5.91 Å². The van der Waals surface area contributed by atoms with Gasteiger partial charge >= 0.3 is 0 Å². The highest BCUT2D eigenvalue weighted by Gasteiger charge is 2.06. The Hall–Kier alpha value is -1.55. The zero-order valence-corrected chi connectivity index (χ0v) is 14.6. The number of rotatable bonds is 7. The standard InChI is InChI=1S/C18H20Cl2N2O/c1-22(13-14-5-3-2-4-6-14)10-9-21-18(23)12-15-7-8-16(19)17(20)11-15/h2-8,11H,9-10,12-13H2,1H3,(H,21,23). The van der Waals surface area contributed by atoms with Crippen LogP contribution in [0.3, 0.4) is 0 Å². The van der Waals surface area contributed by atoms with Crippen molar-refractivity contribution in [2.45, 2.75) is 13.0 Å². The molecule has 2 aromatic carbocycles. The van der Waals surface area contributed by atoms with Gasteiger partial charge in [-0.05, 0) is 30.3 Å². The fraction of sp³-hybridized carbons (Fsp3) is 0.278. The summed E-state index contributed by atoms with van der Waals surface area (Å²) in [6.45, 7) is 2.27. The Morgan fingerprint density at radius 3 is 2.48 bits per heavy atom. The van der Waals surface area contributed by atoms with Crippen LogP contribution in [-0.4, -0.2) is 30.9 Å². The van der Waals surface area contributed by atoms with Crippen LogP contribution in [-0.2, 0) is 17.8 Å². The van der Waals surface area contributed by atoms with Crippen LogP contribution in [0.5, 0.6) is 0 Å². The fourth-order valence-electron chi connectivity index (χ4n) is 2.26. The Balaban J connectivity index is 1.71. The van der Waals surface area contributed by atoms with E-state index in [0.29, 0.717) is 23.0 Å². The minimum absolute atomic E-state index is 0.0171. The lowest BCUT2D eigenvalue weighted by atomic mass is 10.1. The number of carbonyl (C=O) groups excluding carboxylic acids is 1. The van der Waals surface area contributed by atoms with Gasteiger partial charge < -0.3 is 10.2 Å². The van der Waals surface area contributed by atoms with Crippen LogP contribution in [0.4, 0.5) is 0 Å². The highest BCUT2D eigenvalue weighted by Crippen LogP contribution is 2.22.